The highest BCUT2D eigenvalue weighted by Crippen LogP contribution is 2.40. The van der Waals surface area contributed by atoms with E-state index in [0.717, 1.165) is 42.0 Å². The maximum Gasteiger partial charge on any atom is 0.162 e. The van der Waals surface area contributed by atoms with Gasteiger partial charge in [0.15, 0.2) is 5.82 Å². The molecular formula is C26H30N6O3. The van der Waals surface area contributed by atoms with E-state index in [1.807, 2.05) is 16.8 Å². The molecule has 0 bridgehead atoms. The Morgan fingerprint density at radius 3 is 2.71 bits per heavy atom. The van der Waals surface area contributed by atoms with E-state index < -0.39 is 12.2 Å². The number of fused-ring (bicyclic) bond motifs is 2. The van der Waals surface area contributed by atoms with E-state index in [4.69, 9.17) is 4.98 Å². The van der Waals surface area contributed by atoms with Crippen LogP contribution in [0.25, 0.3) is 21.9 Å². The molecule has 1 aromatic carbocycles. The molecule has 2 saturated carbocycles. The van der Waals surface area contributed by atoms with Gasteiger partial charge in [-0.1, -0.05) is 12.1 Å². The first-order valence-corrected chi connectivity index (χ1v) is 12.3. The second-order valence-corrected chi connectivity index (χ2v) is 9.93. The number of benzene rings is 1. The number of aliphatic hydroxyl groups is 2. The van der Waals surface area contributed by atoms with Crippen LogP contribution >= 0.6 is 0 Å². The Kier molecular flexibility index (Phi) is 5.75. The monoisotopic (exact) mass is 474 g/mol. The van der Waals surface area contributed by atoms with Gasteiger partial charge >= 0.3 is 0 Å². The zero-order valence-electron chi connectivity index (χ0n) is 19.4. The molecule has 2 aliphatic carbocycles. The summed E-state index contributed by atoms with van der Waals surface area (Å²) in [5, 5.41) is 36.2. The molecule has 5 N–H and O–H groups in total. The van der Waals surface area contributed by atoms with Gasteiger partial charge in [-0.25, -0.2) is 15.0 Å². The maximum atomic E-state index is 10.9. The van der Waals surface area contributed by atoms with Crippen LogP contribution in [0.5, 0.6) is 0 Å². The number of aromatic nitrogens is 4. The number of aryl methyl sites for hydroxylation is 1. The molecule has 0 aliphatic heterocycles. The topological polar surface area (TPSA) is 128 Å². The largest absolute Gasteiger partial charge is 0.390 e. The average Bonchev–Trinajstić information content (AvgIpc) is 3.56. The average molecular weight is 475 g/mol. The number of nitrogens with one attached hydrogen (secondary N) is 2. The van der Waals surface area contributed by atoms with E-state index in [-0.39, 0.29) is 12.0 Å². The second-order valence-electron chi connectivity index (χ2n) is 9.93. The minimum Gasteiger partial charge on any atom is -0.390 e. The van der Waals surface area contributed by atoms with Crippen molar-refractivity contribution in [3.63, 3.8) is 0 Å². The molecule has 2 aliphatic rings. The number of nitrogens with zero attached hydrogens (tertiary/aromatic N) is 4. The van der Waals surface area contributed by atoms with Gasteiger partial charge in [-0.15, -0.1) is 0 Å². The van der Waals surface area contributed by atoms with Crippen LogP contribution < -0.4 is 10.8 Å². The number of pyridine rings is 1. The third-order valence-corrected chi connectivity index (χ3v) is 7.57. The smallest absolute Gasteiger partial charge is 0.162 e. The van der Waals surface area contributed by atoms with Gasteiger partial charge in [-0.2, -0.15) is 0 Å². The van der Waals surface area contributed by atoms with Crippen molar-refractivity contribution in [2.75, 3.05) is 17.3 Å². The minimum atomic E-state index is -0.894. The van der Waals surface area contributed by atoms with Gasteiger partial charge in [0.05, 0.1) is 23.0 Å². The first kappa shape index (κ1) is 22.2. The molecule has 4 aromatic rings. The highest BCUT2D eigenvalue weighted by Gasteiger charge is 2.42. The number of hydrogen-bond donors (Lipinski definition) is 5. The lowest BCUT2D eigenvalue weighted by molar-refractivity contribution is 0.00545. The van der Waals surface area contributed by atoms with Crippen LogP contribution in [0.3, 0.4) is 0 Å². The molecule has 0 radical (unpaired) electrons. The lowest BCUT2D eigenvalue weighted by Gasteiger charge is -2.19. The van der Waals surface area contributed by atoms with E-state index in [1.54, 1.807) is 6.07 Å². The van der Waals surface area contributed by atoms with E-state index >= 15 is 0 Å². The Morgan fingerprint density at radius 2 is 1.89 bits per heavy atom. The molecule has 0 saturated heterocycles. The minimum absolute atomic E-state index is 0.0417. The summed E-state index contributed by atoms with van der Waals surface area (Å²) in [6.07, 6.45) is 6.30. The fourth-order valence-electron chi connectivity index (χ4n) is 5.33. The van der Waals surface area contributed by atoms with Gasteiger partial charge < -0.3 is 20.1 Å². The van der Waals surface area contributed by atoms with Crippen LogP contribution in [0.2, 0.25) is 0 Å². The first-order valence-electron chi connectivity index (χ1n) is 12.3. The Morgan fingerprint density at radius 1 is 1.03 bits per heavy atom. The van der Waals surface area contributed by atoms with Crippen LogP contribution in [0.1, 0.15) is 37.3 Å². The third kappa shape index (κ3) is 4.31. The number of anilines is 2. The van der Waals surface area contributed by atoms with Crippen molar-refractivity contribution in [1.82, 2.24) is 19.5 Å². The van der Waals surface area contributed by atoms with Crippen molar-refractivity contribution in [2.45, 2.75) is 50.4 Å². The van der Waals surface area contributed by atoms with Crippen molar-refractivity contribution in [3.05, 3.63) is 54.5 Å². The van der Waals surface area contributed by atoms with Crippen LogP contribution in [-0.4, -0.2) is 53.7 Å². The Hall–Kier alpha value is -3.27. The molecule has 4 atom stereocenters. The van der Waals surface area contributed by atoms with Gasteiger partial charge in [-0.3, -0.25) is 10.7 Å². The molecule has 0 spiro atoms. The highest BCUT2D eigenvalue weighted by molar-refractivity contribution is 5.87. The summed E-state index contributed by atoms with van der Waals surface area (Å²) in [4.78, 5) is 13.1. The van der Waals surface area contributed by atoms with Crippen LogP contribution in [-0.2, 0) is 6.42 Å². The maximum absolute atomic E-state index is 10.9. The summed E-state index contributed by atoms with van der Waals surface area (Å²) in [7, 11) is 0. The Balaban J connectivity index is 1.15. The summed E-state index contributed by atoms with van der Waals surface area (Å²) >= 11 is 0. The number of aliphatic hydroxyl groups excluding tert-OH is 2. The zero-order chi connectivity index (χ0) is 23.9. The lowest BCUT2D eigenvalue weighted by Crippen LogP contribution is -2.29. The second kappa shape index (κ2) is 9.07. The summed E-state index contributed by atoms with van der Waals surface area (Å²) in [5.41, 5.74) is 4.84. The number of hydrogen-bond acceptors (Lipinski definition) is 8. The van der Waals surface area contributed by atoms with Gasteiger partial charge in [0.1, 0.15) is 23.9 Å². The third-order valence-electron chi connectivity index (χ3n) is 7.57. The fraction of sp³-hybridized carbons (Fsp3) is 0.423. The number of rotatable bonds is 8. The Labute approximate surface area is 202 Å². The summed E-state index contributed by atoms with van der Waals surface area (Å²) < 4.78 is 1.88. The van der Waals surface area contributed by atoms with Crippen LogP contribution in [0.4, 0.5) is 11.6 Å². The van der Waals surface area contributed by atoms with Crippen molar-refractivity contribution in [2.24, 2.45) is 11.8 Å². The predicted octanol–water partition coefficient (Wildman–Crippen LogP) is 3.52. The van der Waals surface area contributed by atoms with Gasteiger partial charge in [0, 0.05) is 18.1 Å². The molecule has 3 aromatic heterocycles. The predicted molar refractivity (Wildman–Crippen MR) is 133 cm³/mol. The van der Waals surface area contributed by atoms with Crippen LogP contribution in [0, 0.1) is 11.8 Å². The summed E-state index contributed by atoms with van der Waals surface area (Å²) in [6.45, 7) is 0.988. The molecule has 0 unspecified atom stereocenters. The quantitative estimate of drug-likeness (QED) is 0.245. The van der Waals surface area contributed by atoms with Crippen LogP contribution in [0.15, 0.2) is 48.9 Å². The first-order chi connectivity index (χ1) is 17.1. The molecule has 35 heavy (non-hydrogen) atoms. The molecule has 0 amide bonds. The van der Waals surface area contributed by atoms with E-state index in [9.17, 15) is 15.4 Å². The summed E-state index contributed by atoms with van der Waals surface area (Å²) in [5.74, 6) is 1.98. The van der Waals surface area contributed by atoms with E-state index in [2.05, 4.69) is 45.0 Å². The SMILES string of the molecule is ONc1ncnc2c1ccn2[C@@H]1C[C@H](CCc2ccc3ccc(NCC4CC4)nc3c2)[C@@H](O)[C@H]1O. The van der Waals surface area contributed by atoms with Crippen molar-refractivity contribution < 1.29 is 15.4 Å². The van der Waals surface area contributed by atoms with Crippen molar-refractivity contribution in [3.8, 4) is 0 Å². The van der Waals surface area contributed by atoms with Gasteiger partial charge in [-0.05, 0) is 73.8 Å². The van der Waals surface area contributed by atoms with Crippen molar-refractivity contribution >= 4 is 33.6 Å². The molecule has 9 nitrogen and oxygen atoms in total. The molecule has 3 heterocycles. The van der Waals surface area contributed by atoms with Gasteiger partial charge in [0.2, 0.25) is 0 Å². The molecule has 9 heteroatoms. The molecule has 182 valence electrons. The van der Waals surface area contributed by atoms with Gasteiger partial charge in [0.25, 0.3) is 0 Å². The zero-order valence-corrected chi connectivity index (χ0v) is 19.4. The standard InChI is InChI=1S/C26H30N6O3/c33-23-18(12-21(24(23)34)32-10-9-19-25(31-35)28-14-29-26(19)32)6-4-15-3-5-17-7-8-22(30-20(17)11-15)27-13-16-1-2-16/h3,5,7-11,14,16,18,21,23-24,33-35H,1-2,4,6,12-13H2,(H,27,30)(H,28,29,31)/t18-,21+,23+,24-/m0/s1. The molecular weight excluding hydrogens is 444 g/mol. The molecule has 6 rings (SSSR count). The normalized spacial score (nSPS) is 24.3. The van der Waals surface area contributed by atoms with Crippen molar-refractivity contribution in [1.29, 1.82) is 0 Å². The van der Waals surface area contributed by atoms with E-state index in [0.29, 0.717) is 23.3 Å². The van der Waals surface area contributed by atoms with E-state index in [1.165, 1.54) is 24.7 Å². The lowest BCUT2D eigenvalue weighted by atomic mass is 9.95. The fourth-order valence-corrected chi connectivity index (χ4v) is 5.33. The Bertz CT molecular complexity index is 1350. The highest BCUT2D eigenvalue weighted by atomic mass is 16.5. The summed E-state index contributed by atoms with van der Waals surface area (Å²) in [6, 6.07) is 12.0. The molecule has 2 fully saturated rings.